The topological polar surface area (TPSA) is 29.5 Å². The Morgan fingerprint density at radius 2 is 1.81 bits per heavy atom. The maximum absolute atomic E-state index is 10.1. The summed E-state index contributed by atoms with van der Waals surface area (Å²) in [5, 5.41) is 10.1. The van der Waals surface area contributed by atoms with Crippen LogP contribution in [0.1, 0.15) is 26.3 Å². The molecule has 2 heteroatoms. The molecule has 0 aromatic heterocycles. The van der Waals surface area contributed by atoms with Crippen LogP contribution in [0.5, 0.6) is 5.75 Å². The molecular formula is C14H20O2. The Kier molecular flexibility index (Phi) is 4.56. The van der Waals surface area contributed by atoms with Crippen LogP contribution in [0.2, 0.25) is 0 Å². The van der Waals surface area contributed by atoms with Gasteiger partial charge in [0.25, 0.3) is 0 Å². The van der Waals surface area contributed by atoms with Crippen molar-refractivity contribution in [1.82, 2.24) is 0 Å². The van der Waals surface area contributed by atoms with Crippen LogP contribution in [0, 0.1) is 5.92 Å². The summed E-state index contributed by atoms with van der Waals surface area (Å²) in [6, 6.07) is 7.76. The predicted octanol–water partition coefficient (Wildman–Crippen LogP) is 3.12. The highest BCUT2D eigenvalue weighted by Gasteiger charge is 2.15. The summed E-state index contributed by atoms with van der Waals surface area (Å²) in [5.41, 5.74) is 2.02. The molecule has 16 heavy (non-hydrogen) atoms. The summed E-state index contributed by atoms with van der Waals surface area (Å²) < 4.78 is 5.11. The van der Waals surface area contributed by atoms with Crippen LogP contribution in [0.4, 0.5) is 0 Å². The van der Waals surface area contributed by atoms with Gasteiger partial charge in [0.05, 0.1) is 13.2 Å². The van der Waals surface area contributed by atoms with Gasteiger partial charge in [0.15, 0.2) is 0 Å². The second-order valence-electron chi connectivity index (χ2n) is 4.16. The number of ether oxygens (including phenoxy) is 1. The number of benzene rings is 1. The van der Waals surface area contributed by atoms with E-state index in [1.807, 2.05) is 51.1 Å². The van der Waals surface area contributed by atoms with E-state index in [4.69, 9.17) is 4.74 Å². The number of methoxy groups -OCH3 is 1. The molecule has 0 saturated carbocycles. The minimum absolute atomic E-state index is 0.216. The van der Waals surface area contributed by atoms with Gasteiger partial charge < -0.3 is 9.84 Å². The highest BCUT2D eigenvalue weighted by Crippen LogP contribution is 2.24. The Hall–Kier alpha value is -1.28. The zero-order chi connectivity index (χ0) is 12.1. The van der Waals surface area contributed by atoms with Crippen LogP contribution in [0.15, 0.2) is 30.3 Å². The lowest BCUT2D eigenvalue weighted by molar-refractivity contribution is 0.181. The number of allylic oxidation sites excluding steroid dienone is 1. The summed E-state index contributed by atoms with van der Waals surface area (Å²) >= 11 is 0. The van der Waals surface area contributed by atoms with Crippen LogP contribution in [-0.2, 0) is 0 Å². The molecule has 2 nitrogen and oxygen atoms in total. The van der Waals surface area contributed by atoms with Gasteiger partial charge in [-0.05, 0) is 36.1 Å². The van der Waals surface area contributed by atoms with Crippen molar-refractivity contribution in [2.45, 2.75) is 26.9 Å². The smallest absolute Gasteiger partial charge is 0.118 e. The number of aliphatic hydroxyl groups is 1. The van der Waals surface area contributed by atoms with Gasteiger partial charge in [-0.2, -0.15) is 0 Å². The van der Waals surface area contributed by atoms with Crippen molar-refractivity contribution >= 4 is 5.57 Å². The normalized spacial score (nSPS) is 14.0. The minimum atomic E-state index is -0.418. The van der Waals surface area contributed by atoms with Crippen molar-refractivity contribution in [2.24, 2.45) is 5.92 Å². The van der Waals surface area contributed by atoms with Gasteiger partial charge in [-0.15, -0.1) is 0 Å². The third-order valence-electron chi connectivity index (χ3n) is 2.68. The van der Waals surface area contributed by atoms with Gasteiger partial charge >= 0.3 is 0 Å². The summed E-state index contributed by atoms with van der Waals surface area (Å²) in [7, 11) is 1.65. The lowest BCUT2D eigenvalue weighted by Gasteiger charge is -2.18. The number of hydrogen-bond acceptors (Lipinski definition) is 2. The molecule has 0 radical (unpaired) electrons. The van der Waals surface area contributed by atoms with Crippen molar-refractivity contribution in [3.05, 3.63) is 35.9 Å². The fourth-order valence-corrected chi connectivity index (χ4v) is 1.65. The van der Waals surface area contributed by atoms with Crippen LogP contribution in [-0.4, -0.2) is 18.3 Å². The maximum atomic E-state index is 10.1. The molecule has 0 aliphatic carbocycles. The first-order chi connectivity index (χ1) is 7.60. The van der Waals surface area contributed by atoms with E-state index in [2.05, 4.69) is 0 Å². The molecule has 0 bridgehead atoms. The maximum Gasteiger partial charge on any atom is 0.118 e. The first-order valence-corrected chi connectivity index (χ1v) is 5.58. The molecular weight excluding hydrogens is 200 g/mol. The first-order valence-electron chi connectivity index (χ1n) is 5.58. The largest absolute Gasteiger partial charge is 0.497 e. The Morgan fingerprint density at radius 1 is 1.25 bits per heavy atom. The highest BCUT2D eigenvalue weighted by atomic mass is 16.5. The van der Waals surface area contributed by atoms with E-state index in [9.17, 15) is 5.11 Å². The van der Waals surface area contributed by atoms with E-state index in [0.29, 0.717) is 0 Å². The summed E-state index contributed by atoms with van der Waals surface area (Å²) in [4.78, 5) is 0. The van der Waals surface area contributed by atoms with E-state index in [1.54, 1.807) is 7.11 Å². The molecule has 0 amide bonds. The summed E-state index contributed by atoms with van der Waals surface area (Å²) in [6.07, 6.45) is 1.55. The molecule has 1 aromatic rings. The molecule has 0 aliphatic rings. The van der Waals surface area contributed by atoms with Gasteiger partial charge in [-0.25, -0.2) is 0 Å². The van der Waals surface area contributed by atoms with E-state index < -0.39 is 6.10 Å². The number of rotatable bonds is 4. The predicted molar refractivity (Wildman–Crippen MR) is 67.5 cm³/mol. The zero-order valence-corrected chi connectivity index (χ0v) is 10.4. The Balaban J connectivity index is 2.96. The fourth-order valence-electron chi connectivity index (χ4n) is 1.65. The standard InChI is InChI=1S/C14H20O2/c1-5-13(14(15)10(2)3)11-6-8-12(16-4)9-7-11/h5-10,14-15H,1-4H3/b13-5+/t14-/m1/s1. The van der Waals surface area contributed by atoms with Crippen molar-refractivity contribution in [2.75, 3.05) is 7.11 Å². The molecule has 1 N–H and O–H groups in total. The van der Waals surface area contributed by atoms with Crippen molar-refractivity contribution in [3.63, 3.8) is 0 Å². The Labute approximate surface area is 97.6 Å². The lowest BCUT2D eigenvalue weighted by Crippen LogP contribution is -2.16. The molecule has 1 atom stereocenters. The quantitative estimate of drug-likeness (QED) is 0.844. The van der Waals surface area contributed by atoms with Gasteiger partial charge in [-0.1, -0.05) is 32.1 Å². The van der Waals surface area contributed by atoms with Gasteiger partial charge in [-0.3, -0.25) is 0 Å². The zero-order valence-electron chi connectivity index (χ0n) is 10.4. The molecule has 0 heterocycles. The first kappa shape index (κ1) is 12.8. The molecule has 1 aromatic carbocycles. The molecule has 0 fully saturated rings. The molecule has 0 unspecified atom stereocenters. The summed E-state index contributed by atoms with van der Waals surface area (Å²) in [5.74, 6) is 1.05. The SMILES string of the molecule is C/C=C(\c1ccc(OC)cc1)[C@H](O)C(C)C. The number of aliphatic hydroxyl groups excluding tert-OH is 1. The van der Waals surface area contributed by atoms with Crippen LogP contribution in [0.25, 0.3) is 5.57 Å². The lowest BCUT2D eigenvalue weighted by atomic mass is 9.93. The third-order valence-corrected chi connectivity index (χ3v) is 2.68. The summed E-state index contributed by atoms with van der Waals surface area (Å²) in [6.45, 7) is 5.97. The second-order valence-corrected chi connectivity index (χ2v) is 4.16. The van der Waals surface area contributed by atoms with E-state index in [0.717, 1.165) is 16.9 Å². The monoisotopic (exact) mass is 220 g/mol. The van der Waals surface area contributed by atoms with Crippen molar-refractivity contribution in [3.8, 4) is 5.75 Å². The van der Waals surface area contributed by atoms with Gasteiger partial charge in [0.2, 0.25) is 0 Å². The molecule has 0 saturated heterocycles. The average molecular weight is 220 g/mol. The minimum Gasteiger partial charge on any atom is -0.497 e. The van der Waals surface area contributed by atoms with Gasteiger partial charge in [0, 0.05) is 0 Å². The number of hydrogen-bond donors (Lipinski definition) is 1. The fraction of sp³-hybridized carbons (Fsp3) is 0.429. The van der Waals surface area contributed by atoms with Gasteiger partial charge in [0.1, 0.15) is 5.75 Å². The van der Waals surface area contributed by atoms with E-state index in [-0.39, 0.29) is 5.92 Å². The molecule has 1 rings (SSSR count). The Morgan fingerprint density at radius 3 is 2.19 bits per heavy atom. The highest BCUT2D eigenvalue weighted by molar-refractivity contribution is 5.69. The van der Waals surface area contributed by atoms with Crippen molar-refractivity contribution < 1.29 is 9.84 Å². The van der Waals surface area contributed by atoms with Crippen LogP contribution >= 0.6 is 0 Å². The van der Waals surface area contributed by atoms with E-state index in [1.165, 1.54) is 0 Å². The van der Waals surface area contributed by atoms with Crippen LogP contribution < -0.4 is 4.74 Å². The molecule has 0 spiro atoms. The van der Waals surface area contributed by atoms with Crippen molar-refractivity contribution in [1.29, 1.82) is 0 Å². The molecule has 0 aliphatic heterocycles. The van der Waals surface area contributed by atoms with E-state index >= 15 is 0 Å². The molecule has 88 valence electrons. The third kappa shape index (κ3) is 2.86. The Bertz CT molecular complexity index is 350. The second kappa shape index (κ2) is 5.71. The van der Waals surface area contributed by atoms with Crippen LogP contribution in [0.3, 0.4) is 0 Å². The average Bonchev–Trinajstić information content (AvgIpc) is 2.30.